The average molecular weight is 280 g/mol. The zero-order chi connectivity index (χ0) is 15.0. The molecule has 0 aliphatic heterocycles. The van der Waals surface area contributed by atoms with E-state index in [0.717, 1.165) is 11.1 Å². The SMILES string of the molecule is CCc1cc2c(=O)c(-c3ccccc3)c(C)oc2cc1O. The minimum Gasteiger partial charge on any atom is -0.508 e. The van der Waals surface area contributed by atoms with Gasteiger partial charge in [-0.3, -0.25) is 4.79 Å². The minimum atomic E-state index is -0.0605. The van der Waals surface area contributed by atoms with Crippen molar-refractivity contribution >= 4 is 11.0 Å². The van der Waals surface area contributed by atoms with Gasteiger partial charge in [-0.15, -0.1) is 0 Å². The number of fused-ring (bicyclic) bond motifs is 1. The minimum absolute atomic E-state index is 0.0605. The summed E-state index contributed by atoms with van der Waals surface area (Å²) in [6.45, 7) is 3.71. The summed E-state index contributed by atoms with van der Waals surface area (Å²) >= 11 is 0. The topological polar surface area (TPSA) is 50.4 Å². The molecule has 3 nitrogen and oxygen atoms in total. The van der Waals surface area contributed by atoms with Crippen molar-refractivity contribution in [3.63, 3.8) is 0 Å². The molecule has 0 radical (unpaired) electrons. The van der Waals surface area contributed by atoms with E-state index in [1.807, 2.05) is 37.3 Å². The molecule has 0 bridgehead atoms. The molecule has 0 saturated heterocycles. The second-order valence-electron chi connectivity index (χ2n) is 5.06. The van der Waals surface area contributed by atoms with Gasteiger partial charge in [-0.1, -0.05) is 37.3 Å². The number of phenolic OH excluding ortho intramolecular Hbond substituents is 1. The highest BCUT2D eigenvalue weighted by molar-refractivity contribution is 5.84. The van der Waals surface area contributed by atoms with Crippen molar-refractivity contribution in [1.82, 2.24) is 0 Å². The van der Waals surface area contributed by atoms with Crippen molar-refractivity contribution in [2.24, 2.45) is 0 Å². The van der Waals surface area contributed by atoms with Crippen LogP contribution in [-0.2, 0) is 6.42 Å². The Morgan fingerprint density at radius 1 is 1.14 bits per heavy atom. The first-order valence-corrected chi connectivity index (χ1v) is 6.96. The van der Waals surface area contributed by atoms with Gasteiger partial charge in [0.1, 0.15) is 17.1 Å². The summed E-state index contributed by atoms with van der Waals surface area (Å²) in [6.07, 6.45) is 0.662. The van der Waals surface area contributed by atoms with Gasteiger partial charge in [0, 0.05) is 6.07 Å². The van der Waals surface area contributed by atoms with E-state index in [1.165, 1.54) is 6.07 Å². The number of hydrogen-bond donors (Lipinski definition) is 1. The highest BCUT2D eigenvalue weighted by atomic mass is 16.3. The van der Waals surface area contributed by atoms with E-state index >= 15 is 0 Å². The third-order valence-corrected chi connectivity index (χ3v) is 3.71. The number of benzene rings is 2. The van der Waals surface area contributed by atoms with E-state index in [2.05, 4.69) is 0 Å². The molecule has 0 atom stereocenters. The van der Waals surface area contributed by atoms with Crippen molar-refractivity contribution in [3.8, 4) is 16.9 Å². The van der Waals surface area contributed by atoms with Crippen LogP contribution in [0.5, 0.6) is 5.75 Å². The van der Waals surface area contributed by atoms with Crippen LogP contribution in [-0.4, -0.2) is 5.11 Å². The Labute approximate surface area is 122 Å². The van der Waals surface area contributed by atoms with Crippen molar-refractivity contribution in [3.05, 3.63) is 64.0 Å². The second kappa shape index (κ2) is 5.09. The van der Waals surface area contributed by atoms with E-state index in [4.69, 9.17) is 4.42 Å². The Balaban J connectivity index is 2.38. The number of aromatic hydroxyl groups is 1. The van der Waals surface area contributed by atoms with E-state index in [1.54, 1.807) is 13.0 Å². The van der Waals surface area contributed by atoms with Gasteiger partial charge in [0.15, 0.2) is 0 Å². The summed E-state index contributed by atoms with van der Waals surface area (Å²) in [6, 6.07) is 12.7. The molecule has 0 unspecified atom stereocenters. The molecule has 106 valence electrons. The van der Waals surface area contributed by atoms with Crippen molar-refractivity contribution in [2.75, 3.05) is 0 Å². The Hall–Kier alpha value is -2.55. The summed E-state index contributed by atoms with van der Waals surface area (Å²) in [5, 5.41) is 10.4. The first-order chi connectivity index (χ1) is 10.1. The van der Waals surface area contributed by atoms with Crippen LogP contribution in [0.4, 0.5) is 0 Å². The zero-order valence-electron chi connectivity index (χ0n) is 12.0. The Morgan fingerprint density at radius 3 is 2.52 bits per heavy atom. The summed E-state index contributed by atoms with van der Waals surface area (Å²) in [7, 11) is 0. The molecule has 0 aliphatic carbocycles. The van der Waals surface area contributed by atoms with Gasteiger partial charge in [0.2, 0.25) is 5.43 Å². The normalized spacial score (nSPS) is 11.0. The first kappa shape index (κ1) is 13.4. The summed E-state index contributed by atoms with van der Waals surface area (Å²) < 4.78 is 5.75. The number of aryl methyl sites for hydroxylation is 2. The average Bonchev–Trinajstić information content (AvgIpc) is 2.48. The van der Waals surface area contributed by atoms with E-state index in [0.29, 0.717) is 28.7 Å². The Kier molecular flexibility index (Phi) is 3.26. The Morgan fingerprint density at radius 2 is 1.86 bits per heavy atom. The molecule has 0 spiro atoms. The Bertz CT molecular complexity index is 861. The van der Waals surface area contributed by atoms with Crippen LogP contribution in [0.2, 0.25) is 0 Å². The van der Waals surface area contributed by atoms with Crippen LogP contribution in [0.1, 0.15) is 18.2 Å². The molecule has 1 heterocycles. The number of phenols is 1. The highest BCUT2D eigenvalue weighted by Crippen LogP contribution is 2.28. The maximum Gasteiger partial charge on any atom is 0.200 e. The van der Waals surface area contributed by atoms with Crippen molar-refractivity contribution in [1.29, 1.82) is 0 Å². The third-order valence-electron chi connectivity index (χ3n) is 3.71. The molecule has 3 aromatic rings. The predicted molar refractivity (Wildman–Crippen MR) is 83.7 cm³/mol. The third kappa shape index (κ3) is 2.21. The van der Waals surface area contributed by atoms with Gasteiger partial charge >= 0.3 is 0 Å². The summed E-state index contributed by atoms with van der Waals surface area (Å²) in [4.78, 5) is 12.8. The molecular formula is C18H16O3. The van der Waals surface area contributed by atoms with Crippen LogP contribution in [0.3, 0.4) is 0 Å². The second-order valence-corrected chi connectivity index (χ2v) is 5.06. The van der Waals surface area contributed by atoms with E-state index < -0.39 is 0 Å². The first-order valence-electron chi connectivity index (χ1n) is 6.96. The van der Waals surface area contributed by atoms with Gasteiger partial charge < -0.3 is 9.52 Å². The highest BCUT2D eigenvalue weighted by Gasteiger charge is 2.15. The number of rotatable bonds is 2. The molecule has 0 aliphatic rings. The van der Waals surface area contributed by atoms with Crippen LogP contribution in [0, 0.1) is 6.92 Å². The number of hydrogen-bond acceptors (Lipinski definition) is 3. The molecule has 0 amide bonds. The monoisotopic (exact) mass is 280 g/mol. The predicted octanol–water partition coefficient (Wildman–Crippen LogP) is 4.04. The van der Waals surface area contributed by atoms with Gasteiger partial charge in [0.05, 0.1) is 10.9 Å². The summed E-state index contributed by atoms with van der Waals surface area (Å²) in [5.74, 6) is 0.724. The van der Waals surface area contributed by atoms with Crippen LogP contribution in [0.25, 0.3) is 22.1 Å². The molecule has 21 heavy (non-hydrogen) atoms. The zero-order valence-corrected chi connectivity index (χ0v) is 12.0. The van der Waals surface area contributed by atoms with Gasteiger partial charge in [-0.2, -0.15) is 0 Å². The van der Waals surface area contributed by atoms with Crippen molar-refractivity contribution in [2.45, 2.75) is 20.3 Å². The largest absolute Gasteiger partial charge is 0.508 e. The fourth-order valence-corrected chi connectivity index (χ4v) is 2.61. The lowest BCUT2D eigenvalue weighted by Crippen LogP contribution is -2.08. The molecule has 1 aromatic heterocycles. The molecular weight excluding hydrogens is 264 g/mol. The van der Waals surface area contributed by atoms with Crippen LogP contribution >= 0.6 is 0 Å². The standard InChI is InChI=1S/C18H16O3/c1-3-12-9-14-16(10-15(12)19)21-11(2)17(18(14)20)13-7-5-4-6-8-13/h4-10,19H,3H2,1-2H3. The van der Waals surface area contributed by atoms with Gasteiger partial charge in [0.25, 0.3) is 0 Å². The quantitative estimate of drug-likeness (QED) is 0.770. The molecule has 3 rings (SSSR count). The van der Waals surface area contributed by atoms with Crippen LogP contribution < -0.4 is 5.43 Å². The smallest absolute Gasteiger partial charge is 0.200 e. The van der Waals surface area contributed by atoms with E-state index in [9.17, 15) is 9.90 Å². The maximum atomic E-state index is 12.8. The molecule has 0 fully saturated rings. The fraction of sp³-hybridized carbons (Fsp3) is 0.167. The summed E-state index contributed by atoms with van der Waals surface area (Å²) in [5.41, 5.74) is 2.53. The molecule has 1 N–H and O–H groups in total. The fourth-order valence-electron chi connectivity index (χ4n) is 2.61. The molecule has 0 saturated carbocycles. The lowest BCUT2D eigenvalue weighted by atomic mass is 10.0. The lowest BCUT2D eigenvalue weighted by molar-refractivity contribution is 0.467. The maximum absolute atomic E-state index is 12.8. The van der Waals surface area contributed by atoms with Crippen LogP contribution in [0.15, 0.2) is 51.7 Å². The van der Waals surface area contributed by atoms with Gasteiger partial charge in [-0.25, -0.2) is 0 Å². The van der Waals surface area contributed by atoms with Gasteiger partial charge in [-0.05, 0) is 30.5 Å². The van der Waals surface area contributed by atoms with Crippen molar-refractivity contribution < 1.29 is 9.52 Å². The molecule has 3 heteroatoms. The van der Waals surface area contributed by atoms with E-state index in [-0.39, 0.29) is 11.2 Å². The lowest BCUT2D eigenvalue weighted by Gasteiger charge is -2.09. The molecule has 2 aromatic carbocycles.